The molecule has 0 radical (unpaired) electrons. The van der Waals surface area contributed by atoms with Crippen LogP contribution in [0.2, 0.25) is 0 Å². The lowest BCUT2D eigenvalue weighted by Crippen LogP contribution is -2.33. The second-order valence-corrected chi connectivity index (χ2v) is 7.61. The molecular formula is C19H21NO. The SMILES string of the molecule is CC1(C)CCC(C)(C)c2c1ccc1c2oc2ccncc21. The molecule has 0 saturated heterocycles. The maximum Gasteiger partial charge on any atom is 0.139 e. The fourth-order valence-corrected chi connectivity index (χ4v) is 3.80. The van der Waals surface area contributed by atoms with E-state index >= 15 is 0 Å². The monoisotopic (exact) mass is 279 g/mol. The minimum Gasteiger partial charge on any atom is -0.456 e. The summed E-state index contributed by atoms with van der Waals surface area (Å²) < 4.78 is 6.24. The summed E-state index contributed by atoms with van der Waals surface area (Å²) in [7, 11) is 0. The van der Waals surface area contributed by atoms with Crippen molar-refractivity contribution in [1.82, 2.24) is 4.98 Å². The summed E-state index contributed by atoms with van der Waals surface area (Å²) in [5, 5.41) is 2.32. The Morgan fingerprint density at radius 2 is 1.71 bits per heavy atom. The van der Waals surface area contributed by atoms with Crippen molar-refractivity contribution in [3.05, 3.63) is 41.7 Å². The molecule has 0 unspecified atom stereocenters. The van der Waals surface area contributed by atoms with Crippen molar-refractivity contribution in [3.8, 4) is 0 Å². The number of nitrogens with zero attached hydrogens (tertiary/aromatic N) is 1. The van der Waals surface area contributed by atoms with Crippen molar-refractivity contribution in [2.45, 2.75) is 51.4 Å². The molecular weight excluding hydrogens is 258 g/mol. The molecule has 21 heavy (non-hydrogen) atoms. The number of fused-ring (bicyclic) bond motifs is 5. The molecule has 1 aromatic carbocycles. The van der Waals surface area contributed by atoms with E-state index in [9.17, 15) is 0 Å². The Bertz CT molecular complexity index is 855. The van der Waals surface area contributed by atoms with Gasteiger partial charge in [-0.05, 0) is 35.3 Å². The molecule has 0 spiro atoms. The molecule has 0 amide bonds. The van der Waals surface area contributed by atoms with E-state index in [1.54, 1.807) is 6.20 Å². The van der Waals surface area contributed by atoms with Gasteiger partial charge in [-0.25, -0.2) is 0 Å². The lowest BCUT2D eigenvalue weighted by molar-refractivity contribution is 0.331. The quantitative estimate of drug-likeness (QED) is 0.556. The summed E-state index contributed by atoms with van der Waals surface area (Å²) in [4.78, 5) is 4.25. The highest BCUT2D eigenvalue weighted by Gasteiger charge is 2.39. The molecule has 4 rings (SSSR count). The van der Waals surface area contributed by atoms with Gasteiger partial charge in [0.15, 0.2) is 0 Å². The van der Waals surface area contributed by atoms with Crippen LogP contribution < -0.4 is 0 Å². The zero-order valence-corrected chi connectivity index (χ0v) is 13.2. The van der Waals surface area contributed by atoms with E-state index in [0.717, 1.165) is 16.6 Å². The third-order valence-corrected chi connectivity index (χ3v) is 5.22. The minimum absolute atomic E-state index is 0.158. The number of hydrogen-bond acceptors (Lipinski definition) is 2. The molecule has 2 heteroatoms. The molecule has 2 nitrogen and oxygen atoms in total. The minimum atomic E-state index is 0.158. The Labute approximate surface area is 125 Å². The summed E-state index contributed by atoms with van der Waals surface area (Å²) in [6.45, 7) is 9.37. The van der Waals surface area contributed by atoms with Crippen LogP contribution in [0.15, 0.2) is 35.0 Å². The molecule has 0 atom stereocenters. The predicted molar refractivity (Wildman–Crippen MR) is 86.8 cm³/mol. The van der Waals surface area contributed by atoms with Gasteiger partial charge in [0.2, 0.25) is 0 Å². The Hall–Kier alpha value is -1.83. The second kappa shape index (κ2) is 3.88. The summed E-state index contributed by atoms with van der Waals surface area (Å²) in [6, 6.07) is 6.48. The molecule has 0 aliphatic heterocycles. The van der Waals surface area contributed by atoms with Crippen molar-refractivity contribution < 1.29 is 4.42 Å². The van der Waals surface area contributed by atoms with E-state index in [1.807, 2.05) is 12.3 Å². The average molecular weight is 279 g/mol. The Morgan fingerprint density at radius 1 is 0.952 bits per heavy atom. The van der Waals surface area contributed by atoms with Crippen LogP contribution in [0.5, 0.6) is 0 Å². The van der Waals surface area contributed by atoms with Gasteiger partial charge in [-0.15, -0.1) is 0 Å². The van der Waals surface area contributed by atoms with Crippen molar-refractivity contribution in [2.24, 2.45) is 0 Å². The highest BCUT2D eigenvalue weighted by atomic mass is 16.3. The first-order chi connectivity index (χ1) is 9.90. The maximum absolute atomic E-state index is 6.24. The fraction of sp³-hybridized carbons (Fsp3) is 0.421. The number of hydrogen-bond donors (Lipinski definition) is 0. The predicted octanol–water partition coefficient (Wildman–Crippen LogP) is 5.33. The van der Waals surface area contributed by atoms with Gasteiger partial charge in [0.1, 0.15) is 11.2 Å². The van der Waals surface area contributed by atoms with E-state index < -0.39 is 0 Å². The van der Waals surface area contributed by atoms with Crippen LogP contribution in [0.3, 0.4) is 0 Å². The first kappa shape index (κ1) is 12.9. The molecule has 3 aromatic rings. The molecule has 0 N–H and O–H groups in total. The molecule has 0 fully saturated rings. The van der Waals surface area contributed by atoms with Crippen LogP contribution in [-0.2, 0) is 10.8 Å². The van der Waals surface area contributed by atoms with Gasteiger partial charge in [-0.1, -0.05) is 39.8 Å². The topological polar surface area (TPSA) is 26.0 Å². The van der Waals surface area contributed by atoms with Crippen LogP contribution in [0.1, 0.15) is 51.7 Å². The third-order valence-electron chi connectivity index (χ3n) is 5.22. The number of rotatable bonds is 0. The van der Waals surface area contributed by atoms with Gasteiger partial charge in [0.25, 0.3) is 0 Å². The van der Waals surface area contributed by atoms with Gasteiger partial charge in [-0.3, -0.25) is 4.98 Å². The highest BCUT2D eigenvalue weighted by Crippen LogP contribution is 2.49. The number of pyridine rings is 1. The van der Waals surface area contributed by atoms with Crippen molar-refractivity contribution >= 4 is 21.9 Å². The number of aromatic nitrogens is 1. The van der Waals surface area contributed by atoms with Gasteiger partial charge in [-0.2, -0.15) is 0 Å². The van der Waals surface area contributed by atoms with Crippen LogP contribution in [0, 0.1) is 0 Å². The first-order valence-corrected chi connectivity index (χ1v) is 7.70. The van der Waals surface area contributed by atoms with Crippen LogP contribution in [0.25, 0.3) is 21.9 Å². The zero-order valence-electron chi connectivity index (χ0n) is 13.2. The number of furan rings is 1. The van der Waals surface area contributed by atoms with Crippen LogP contribution in [0.4, 0.5) is 0 Å². The molecule has 0 bridgehead atoms. The van der Waals surface area contributed by atoms with E-state index in [4.69, 9.17) is 4.42 Å². The average Bonchev–Trinajstić information content (AvgIpc) is 2.82. The largest absolute Gasteiger partial charge is 0.456 e. The van der Waals surface area contributed by atoms with Gasteiger partial charge < -0.3 is 4.42 Å². The second-order valence-electron chi connectivity index (χ2n) is 7.61. The van der Waals surface area contributed by atoms with Crippen molar-refractivity contribution in [3.63, 3.8) is 0 Å². The van der Waals surface area contributed by atoms with E-state index in [-0.39, 0.29) is 10.8 Å². The van der Waals surface area contributed by atoms with Crippen molar-refractivity contribution in [1.29, 1.82) is 0 Å². The lowest BCUT2D eigenvalue weighted by Gasteiger charge is -2.41. The smallest absolute Gasteiger partial charge is 0.139 e. The van der Waals surface area contributed by atoms with Crippen LogP contribution >= 0.6 is 0 Å². The first-order valence-electron chi connectivity index (χ1n) is 7.70. The molecule has 0 saturated carbocycles. The van der Waals surface area contributed by atoms with E-state index in [1.165, 1.54) is 29.4 Å². The van der Waals surface area contributed by atoms with Gasteiger partial charge in [0, 0.05) is 28.7 Å². The summed E-state index contributed by atoms with van der Waals surface area (Å²) >= 11 is 0. The molecule has 1 aliphatic carbocycles. The van der Waals surface area contributed by atoms with Gasteiger partial charge >= 0.3 is 0 Å². The van der Waals surface area contributed by atoms with E-state index in [2.05, 4.69) is 44.8 Å². The molecule has 2 aromatic heterocycles. The number of benzene rings is 1. The Morgan fingerprint density at radius 3 is 2.52 bits per heavy atom. The maximum atomic E-state index is 6.24. The van der Waals surface area contributed by atoms with Gasteiger partial charge in [0.05, 0.1) is 0 Å². The van der Waals surface area contributed by atoms with Crippen molar-refractivity contribution in [2.75, 3.05) is 0 Å². The molecule has 108 valence electrons. The fourth-order valence-electron chi connectivity index (χ4n) is 3.80. The highest BCUT2D eigenvalue weighted by molar-refractivity contribution is 6.06. The summed E-state index contributed by atoms with van der Waals surface area (Å²) in [5.74, 6) is 0. The van der Waals surface area contributed by atoms with E-state index in [0.29, 0.717) is 0 Å². The van der Waals surface area contributed by atoms with Crippen LogP contribution in [-0.4, -0.2) is 4.98 Å². The lowest BCUT2D eigenvalue weighted by atomic mass is 9.63. The normalized spacial score (nSPS) is 19.8. The Balaban J connectivity index is 2.18. The third kappa shape index (κ3) is 1.68. The summed E-state index contributed by atoms with van der Waals surface area (Å²) in [5.41, 5.74) is 5.22. The molecule has 2 heterocycles. The Kier molecular flexibility index (Phi) is 2.38. The standard InChI is InChI=1S/C19H21NO/c1-18(2)8-9-19(3,4)16-14(18)6-5-12-13-11-20-10-7-15(13)21-17(12)16/h5-7,10-11H,8-9H2,1-4H3. The zero-order chi connectivity index (χ0) is 14.8. The summed E-state index contributed by atoms with van der Waals surface area (Å²) in [6.07, 6.45) is 6.13. The molecule has 1 aliphatic rings.